The molecule has 5 N–H and O–H groups in total. The van der Waals surface area contributed by atoms with Crippen molar-refractivity contribution in [2.75, 3.05) is 6.61 Å². The highest BCUT2D eigenvalue weighted by atomic mass is 19.2. The summed E-state index contributed by atoms with van der Waals surface area (Å²) in [6.45, 7) is 2.22. The maximum Gasteiger partial charge on any atom is 0.240 e. The Labute approximate surface area is 125 Å². The van der Waals surface area contributed by atoms with E-state index >= 15 is 0 Å². The number of nitrogens with two attached hydrogens (primary N) is 1. The average molecular weight is 307 g/mol. The number of hydrogen-bond acceptors (Lipinski definition) is 6. The van der Waals surface area contributed by atoms with Gasteiger partial charge >= 0.3 is 0 Å². The molecule has 116 valence electrons. The van der Waals surface area contributed by atoms with Crippen molar-refractivity contribution in [1.29, 1.82) is 0 Å². The molecule has 0 aromatic heterocycles. The molecule has 1 unspecified atom stereocenters. The predicted molar refractivity (Wildman–Crippen MR) is 77.8 cm³/mol. The Morgan fingerprint density at radius 1 is 1.36 bits per heavy atom. The van der Waals surface area contributed by atoms with Gasteiger partial charge < -0.3 is 20.7 Å². The second-order valence-electron chi connectivity index (χ2n) is 4.64. The van der Waals surface area contributed by atoms with Gasteiger partial charge in [-0.05, 0) is 19.1 Å². The summed E-state index contributed by atoms with van der Waals surface area (Å²) in [6, 6.07) is 3.98. The molecule has 0 saturated carbocycles. The molecule has 0 saturated heterocycles. The van der Waals surface area contributed by atoms with Crippen LogP contribution in [-0.4, -0.2) is 18.8 Å². The van der Waals surface area contributed by atoms with E-state index in [0.29, 0.717) is 29.7 Å². The lowest BCUT2D eigenvalue weighted by Gasteiger charge is -2.30. The van der Waals surface area contributed by atoms with Crippen molar-refractivity contribution in [3.05, 3.63) is 53.1 Å². The zero-order chi connectivity index (χ0) is 15.7. The maximum atomic E-state index is 13.9. The molecule has 1 aromatic carbocycles. The minimum atomic E-state index is -0.928. The first-order chi connectivity index (χ1) is 10.6. The molecular weight excluding hydrogens is 292 g/mol. The van der Waals surface area contributed by atoms with Crippen LogP contribution in [0, 0.1) is 11.6 Å². The Balaban J connectivity index is 1.92. The third kappa shape index (κ3) is 2.48. The number of hydrogen-bond donors (Lipinski definition) is 4. The van der Waals surface area contributed by atoms with Crippen LogP contribution in [0.4, 0.5) is 8.78 Å². The fourth-order valence-corrected chi connectivity index (χ4v) is 2.20. The minimum absolute atomic E-state index is 0.102. The molecule has 2 aliphatic rings. The van der Waals surface area contributed by atoms with E-state index in [1.807, 2.05) is 6.92 Å². The van der Waals surface area contributed by atoms with Gasteiger partial charge in [0, 0.05) is 11.8 Å². The van der Waals surface area contributed by atoms with Gasteiger partial charge in [0.25, 0.3) is 0 Å². The zero-order valence-electron chi connectivity index (χ0n) is 11.8. The van der Waals surface area contributed by atoms with Crippen LogP contribution in [0.3, 0.4) is 0 Å². The van der Waals surface area contributed by atoms with Crippen LogP contribution in [0.2, 0.25) is 0 Å². The van der Waals surface area contributed by atoms with Gasteiger partial charge in [0.1, 0.15) is 11.5 Å². The number of ether oxygens (including phenoxy) is 1. The summed E-state index contributed by atoms with van der Waals surface area (Å²) >= 11 is 0. The fourth-order valence-electron chi connectivity index (χ4n) is 2.20. The second-order valence-corrected chi connectivity index (χ2v) is 4.64. The van der Waals surface area contributed by atoms with Crippen molar-refractivity contribution in [1.82, 2.24) is 16.0 Å². The summed E-state index contributed by atoms with van der Waals surface area (Å²) in [7, 11) is 0. The van der Waals surface area contributed by atoms with E-state index < -0.39 is 17.9 Å². The number of aliphatic imine (C=N–C) groups is 1. The monoisotopic (exact) mass is 307 g/mol. The van der Waals surface area contributed by atoms with Crippen LogP contribution in [0.25, 0.3) is 5.70 Å². The fraction of sp³-hybridized carbons (Fsp3) is 0.214. The van der Waals surface area contributed by atoms with Crippen molar-refractivity contribution in [2.24, 2.45) is 10.7 Å². The Bertz CT molecular complexity index is 698. The topological polar surface area (TPSA) is 83.7 Å². The van der Waals surface area contributed by atoms with E-state index in [-0.39, 0.29) is 5.56 Å². The standard InChI is InChI=1S/C14H15F2N5O/c1-2-22-13-11-12(20-14(17)21-13)18-6-9(19-11)7-4-3-5-8(15)10(7)16/h3-6,14,18-20H,2,17H2,1H3. The molecular formula is C14H15F2N5O. The third-order valence-electron chi connectivity index (χ3n) is 3.16. The summed E-state index contributed by atoms with van der Waals surface area (Å²) in [5, 5.41) is 8.85. The highest BCUT2D eigenvalue weighted by molar-refractivity contribution is 5.97. The van der Waals surface area contributed by atoms with Crippen LogP contribution < -0.4 is 21.7 Å². The third-order valence-corrected chi connectivity index (χ3v) is 3.16. The van der Waals surface area contributed by atoms with Crippen molar-refractivity contribution in [2.45, 2.75) is 13.2 Å². The highest BCUT2D eigenvalue weighted by Crippen LogP contribution is 2.23. The lowest BCUT2D eigenvalue weighted by Crippen LogP contribution is -2.48. The molecule has 22 heavy (non-hydrogen) atoms. The van der Waals surface area contributed by atoms with Gasteiger partial charge in [0.15, 0.2) is 17.9 Å². The van der Waals surface area contributed by atoms with Crippen LogP contribution in [0.5, 0.6) is 0 Å². The molecule has 8 heteroatoms. The summed E-state index contributed by atoms with van der Waals surface area (Å²) < 4.78 is 32.7. The Kier molecular flexibility index (Phi) is 3.68. The summed E-state index contributed by atoms with van der Waals surface area (Å²) in [4.78, 5) is 4.13. The molecule has 0 aliphatic carbocycles. The molecule has 1 atom stereocenters. The highest BCUT2D eigenvalue weighted by Gasteiger charge is 2.27. The SMILES string of the molecule is CCOC1=NC(N)NC2=C1NC(c1cccc(F)c1F)=CN2. The molecule has 0 bridgehead atoms. The van der Waals surface area contributed by atoms with Gasteiger partial charge in [-0.2, -0.15) is 0 Å². The van der Waals surface area contributed by atoms with E-state index in [2.05, 4.69) is 20.9 Å². The first-order valence-corrected chi connectivity index (χ1v) is 6.75. The Morgan fingerprint density at radius 3 is 2.95 bits per heavy atom. The normalized spacial score (nSPS) is 20.1. The van der Waals surface area contributed by atoms with E-state index in [9.17, 15) is 8.78 Å². The van der Waals surface area contributed by atoms with Crippen LogP contribution in [-0.2, 0) is 4.74 Å². The van der Waals surface area contributed by atoms with Crippen molar-refractivity contribution in [3.63, 3.8) is 0 Å². The van der Waals surface area contributed by atoms with E-state index in [4.69, 9.17) is 10.5 Å². The number of nitrogens with zero attached hydrogens (tertiary/aromatic N) is 1. The number of halogens is 2. The second kappa shape index (κ2) is 5.64. The summed E-state index contributed by atoms with van der Waals surface area (Å²) in [5.74, 6) is -0.977. The molecule has 0 spiro atoms. The average Bonchev–Trinajstić information content (AvgIpc) is 2.50. The van der Waals surface area contributed by atoms with Gasteiger partial charge in [-0.1, -0.05) is 6.07 Å². The first-order valence-electron chi connectivity index (χ1n) is 6.75. The van der Waals surface area contributed by atoms with Crippen molar-refractivity contribution in [3.8, 4) is 0 Å². The molecule has 1 aromatic rings. The van der Waals surface area contributed by atoms with Crippen LogP contribution in [0.15, 0.2) is 40.9 Å². The number of rotatable bonds is 2. The van der Waals surface area contributed by atoms with Gasteiger partial charge in [-0.25, -0.2) is 13.8 Å². The number of benzene rings is 1. The lowest BCUT2D eigenvalue weighted by molar-refractivity contribution is 0.316. The van der Waals surface area contributed by atoms with E-state index in [1.54, 1.807) is 0 Å². The van der Waals surface area contributed by atoms with E-state index in [1.165, 1.54) is 18.3 Å². The number of nitrogens with one attached hydrogen (secondary N) is 3. The molecule has 2 heterocycles. The van der Waals surface area contributed by atoms with Crippen molar-refractivity contribution < 1.29 is 13.5 Å². The largest absolute Gasteiger partial charge is 0.477 e. The summed E-state index contributed by atoms with van der Waals surface area (Å²) in [6.07, 6.45) is 0.876. The molecule has 0 amide bonds. The quantitative estimate of drug-likeness (QED) is 0.653. The van der Waals surface area contributed by atoms with Crippen LogP contribution >= 0.6 is 0 Å². The Hall–Kier alpha value is -2.61. The summed E-state index contributed by atoms with van der Waals surface area (Å²) in [5.41, 5.74) is 6.69. The van der Waals surface area contributed by atoms with Gasteiger partial charge in [-0.3, -0.25) is 5.73 Å². The molecule has 6 nitrogen and oxygen atoms in total. The minimum Gasteiger partial charge on any atom is -0.477 e. The zero-order valence-corrected chi connectivity index (χ0v) is 11.8. The van der Waals surface area contributed by atoms with Gasteiger partial charge in [0.2, 0.25) is 5.90 Å². The first kappa shape index (κ1) is 14.3. The Morgan fingerprint density at radius 2 is 2.18 bits per heavy atom. The molecule has 0 fully saturated rings. The molecule has 3 rings (SSSR count). The van der Waals surface area contributed by atoms with Crippen molar-refractivity contribution >= 4 is 11.6 Å². The van der Waals surface area contributed by atoms with Crippen LogP contribution in [0.1, 0.15) is 12.5 Å². The molecule has 2 aliphatic heterocycles. The van der Waals surface area contributed by atoms with Gasteiger partial charge in [-0.15, -0.1) is 0 Å². The maximum absolute atomic E-state index is 13.9. The van der Waals surface area contributed by atoms with E-state index in [0.717, 1.165) is 6.07 Å². The molecule has 0 radical (unpaired) electrons. The lowest BCUT2D eigenvalue weighted by atomic mass is 10.1. The smallest absolute Gasteiger partial charge is 0.240 e. The predicted octanol–water partition coefficient (Wildman–Crippen LogP) is 0.906. The van der Waals surface area contributed by atoms with Gasteiger partial charge in [0.05, 0.1) is 12.3 Å².